The van der Waals surface area contributed by atoms with Crippen LogP contribution in [0.4, 0.5) is 0 Å². The van der Waals surface area contributed by atoms with Crippen LogP contribution < -0.4 is 12.4 Å². The third kappa shape index (κ3) is 8.25. The zero-order valence-electron chi connectivity index (χ0n) is 9.26. The minimum atomic E-state index is 0. The van der Waals surface area contributed by atoms with Crippen LogP contribution in [0.15, 0.2) is 11.6 Å². The van der Waals surface area contributed by atoms with E-state index < -0.39 is 0 Å². The topological polar surface area (TPSA) is 9.23 Å². The second kappa shape index (κ2) is 10.4. The average Bonchev–Trinajstić information content (AvgIpc) is 2.49. The fourth-order valence-corrected chi connectivity index (χ4v) is 1.44. The summed E-state index contributed by atoms with van der Waals surface area (Å²) in [6.45, 7) is 5.25. The van der Waals surface area contributed by atoms with Crippen LogP contribution >= 0.6 is 0 Å². The fraction of sp³-hybridized carbons (Fsp3) is 0.727. The second-order valence-corrected chi connectivity index (χ2v) is 3.65. The number of unbranched alkanes of at least 4 members (excludes halogenated alkanes) is 1. The van der Waals surface area contributed by atoms with E-state index in [0.717, 1.165) is 13.0 Å². The quantitative estimate of drug-likeness (QED) is 0.368. The molecular weight excluding hydrogens is 384 g/mol. The molecule has 1 aliphatic heterocycles. The summed E-state index contributed by atoms with van der Waals surface area (Å²) < 4.78 is 5.48. The molecule has 1 fully saturated rings. The van der Waals surface area contributed by atoms with E-state index in [2.05, 4.69) is 26.3 Å². The molecule has 3 heteroatoms. The summed E-state index contributed by atoms with van der Waals surface area (Å²) in [6, 6.07) is 0. The van der Waals surface area contributed by atoms with Crippen molar-refractivity contribution in [3.63, 3.8) is 0 Å². The molecule has 0 amide bonds. The molecule has 1 saturated heterocycles. The first-order valence-corrected chi connectivity index (χ1v) is 4.87. The summed E-state index contributed by atoms with van der Waals surface area (Å²) in [7, 11) is 0. The molecule has 0 unspecified atom stereocenters. The molecule has 1 atom stereocenters. The van der Waals surface area contributed by atoms with Gasteiger partial charge in [-0.1, -0.05) is 11.6 Å². The monoisotopic (exact) mass is 404 g/mol. The standard InChI is InChI=1S/C11H19O.ClH.Hg/c1-10(2)6-3-4-7-11-8-5-9-12-11;;/h6-7,11H,3-5,8-9H2,1-2H3;1H;/q;;+1/p-1/t11-;;/m0../s1. The van der Waals surface area contributed by atoms with Crippen molar-refractivity contribution in [3.05, 3.63) is 18.1 Å². The van der Waals surface area contributed by atoms with Gasteiger partial charge in [-0.3, -0.25) is 0 Å². The van der Waals surface area contributed by atoms with E-state index in [1.807, 2.05) is 0 Å². The zero-order chi connectivity index (χ0) is 8.81. The van der Waals surface area contributed by atoms with Gasteiger partial charge >= 0.3 is 27.7 Å². The Labute approximate surface area is 115 Å². The predicted octanol–water partition coefficient (Wildman–Crippen LogP) is 0.118. The van der Waals surface area contributed by atoms with Gasteiger partial charge in [-0.25, -0.2) is 0 Å². The molecule has 0 saturated carbocycles. The van der Waals surface area contributed by atoms with Crippen LogP contribution in [0.1, 0.15) is 39.5 Å². The van der Waals surface area contributed by atoms with Crippen LogP contribution in [0.25, 0.3) is 0 Å². The molecule has 1 nitrogen and oxygen atoms in total. The van der Waals surface area contributed by atoms with Gasteiger partial charge in [-0.15, -0.1) is 0 Å². The fourth-order valence-electron chi connectivity index (χ4n) is 1.44. The molecule has 1 rings (SSSR count). The smallest absolute Gasteiger partial charge is 1.00 e. The molecule has 14 heavy (non-hydrogen) atoms. The molecule has 0 bridgehead atoms. The first-order valence-electron chi connectivity index (χ1n) is 4.87. The Balaban J connectivity index is 0. The van der Waals surface area contributed by atoms with Crippen LogP contribution in [0.3, 0.4) is 0 Å². The number of hydrogen-bond acceptors (Lipinski definition) is 1. The van der Waals surface area contributed by atoms with Crippen LogP contribution in [0, 0.1) is 6.42 Å². The van der Waals surface area contributed by atoms with Gasteiger partial charge < -0.3 is 17.1 Å². The number of ether oxygens (including phenoxy) is 1. The van der Waals surface area contributed by atoms with E-state index in [1.54, 1.807) is 0 Å². The van der Waals surface area contributed by atoms with Crippen LogP contribution in [-0.4, -0.2) is 12.7 Å². The molecule has 1 heterocycles. The minimum absolute atomic E-state index is 0. The van der Waals surface area contributed by atoms with Crippen molar-refractivity contribution in [2.45, 2.75) is 45.6 Å². The predicted molar refractivity (Wildman–Crippen MR) is 51.9 cm³/mol. The van der Waals surface area contributed by atoms with Crippen LogP contribution in [0.2, 0.25) is 0 Å². The third-order valence-corrected chi connectivity index (χ3v) is 2.11. The summed E-state index contributed by atoms with van der Waals surface area (Å²) in [5.74, 6) is 0. The zero-order valence-corrected chi connectivity index (χ0v) is 15.5. The van der Waals surface area contributed by atoms with Gasteiger partial charge in [0.05, 0.1) is 6.10 Å². The van der Waals surface area contributed by atoms with Crippen molar-refractivity contribution < 1.29 is 44.8 Å². The van der Waals surface area contributed by atoms with Crippen LogP contribution in [-0.2, 0) is 32.4 Å². The second-order valence-electron chi connectivity index (χ2n) is 3.65. The molecule has 1 aliphatic rings. The molecule has 0 aromatic rings. The van der Waals surface area contributed by atoms with Crippen molar-refractivity contribution in [1.29, 1.82) is 0 Å². The van der Waals surface area contributed by atoms with E-state index in [-0.39, 0.29) is 40.1 Å². The van der Waals surface area contributed by atoms with Gasteiger partial charge in [0, 0.05) is 6.61 Å². The Hall–Kier alpha value is 0.925. The molecule has 0 aliphatic carbocycles. The molecular formula is C11H19ClHgO. The molecule has 78 valence electrons. The number of hydrogen-bond donors (Lipinski definition) is 0. The summed E-state index contributed by atoms with van der Waals surface area (Å²) in [4.78, 5) is 0. The van der Waals surface area contributed by atoms with E-state index in [1.165, 1.54) is 24.8 Å². The molecule has 0 N–H and O–H groups in total. The van der Waals surface area contributed by atoms with Crippen molar-refractivity contribution in [1.82, 2.24) is 0 Å². The number of halogens is 1. The first-order chi connectivity index (χ1) is 5.79. The Morgan fingerprint density at radius 3 is 2.57 bits per heavy atom. The van der Waals surface area contributed by atoms with Crippen molar-refractivity contribution in [2.75, 3.05) is 6.61 Å². The van der Waals surface area contributed by atoms with Gasteiger partial charge in [0.15, 0.2) is 0 Å². The molecule has 0 aromatic heterocycles. The van der Waals surface area contributed by atoms with Gasteiger partial charge in [0.1, 0.15) is 0 Å². The molecule has 0 spiro atoms. The van der Waals surface area contributed by atoms with Gasteiger partial charge in [0.2, 0.25) is 0 Å². The minimum Gasteiger partial charge on any atom is -1.00 e. The molecule has 0 aromatic carbocycles. The third-order valence-electron chi connectivity index (χ3n) is 2.11. The van der Waals surface area contributed by atoms with E-state index in [0.29, 0.717) is 6.10 Å². The molecule has 2 radical (unpaired) electrons. The first kappa shape index (κ1) is 17.3. The maximum Gasteiger partial charge on any atom is 1.00 e. The van der Waals surface area contributed by atoms with Crippen LogP contribution in [0.5, 0.6) is 0 Å². The van der Waals surface area contributed by atoms with Gasteiger partial charge in [-0.05, 0) is 46.0 Å². The Morgan fingerprint density at radius 2 is 2.07 bits per heavy atom. The Kier molecular flexibility index (Phi) is 12.9. The van der Waals surface area contributed by atoms with E-state index >= 15 is 0 Å². The number of rotatable bonds is 4. The Bertz CT molecular complexity index is 149. The van der Waals surface area contributed by atoms with E-state index in [4.69, 9.17) is 4.74 Å². The number of allylic oxidation sites excluding steroid dienone is 2. The van der Waals surface area contributed by atoms with Crippen molar-refractivity contribution in [2.24, 2.45) is 0 Å². The van der Waals surface area contributed by atoms with E-state index in [9.17, 15) is 0 Å². The van der Waals surface area contributed by atoms with Gasteiger partial charge in [-0.2, -0.15) is 0 Å². The summed E-state index contributed by atoms with van der Waals surface area (Å²) in [6.07, 6.45) is 9.85. The summed E-state index contributed by atoms with van der Waals surface area (Å²) in [5, 5.41) is 0. The maximum atomic E-state index is 5.48. The van der Waals surface area contributed by atoms with Gasteiger partial charge in [0.25, 0.3) is 0 Å². The summed E-state index contributed by atoms with van der Waals surface area (Å²) in [5.41, 5.74) is 1.41. The SMILES string of the molecule is CC(C)=CCC[CH][C@H]1CCCO1.[Cl-].[Hg+]. The summed E-state index contributed by atoms with van der Waals surface area (Å²) >= 11 is 0. The van der Waals surface area contributed by atoms with Crippen molar-refractivity contribution >= 4 is 0 Å². The Morgan fingerprint density at radius 1 is 1.36 bits per heavy atom. The normalized spacial score (nSPS) is 19.4. The largest absolute Gasteiger partial charge is 1.00 e. The average molecular weight is 403 g/mol. The van der Waals surface area contributed by atoms with Crippen molar-refractivity contribution in [3.8, 4) is 0 Å². The maximum absolute atomic E-state index is 5.48.